The van der Waals surface area contributed by atoms with Gasteiger partial charge in [0.1, 0.15) is 13.2 Å². The number of hydrogen-bond donors (Lipinski definition) is 1. The molecule has 76 heavy (non-hydrogen) atoms. The number of rotatable bonds is 70. The lowest BCUT2D eigenvalue weighted by atomic mass is 10.4. The van der Waals surface area contributed by atoms with Crippen molar-refractivity contribution in [2.45, 2.75) is 6.92 Å². The first-order valence-corrected chi connectivity index (χ1v) is 26.5. The number of carbonyl (C=O) groups is 1. The minimum absolute atomic E-state index is 0.142. The van der Waals surface area contributed by atoms with Crippen molar-refractivity contribution in [3.8, 4) is 0 Å². The third-order valence-electron chi connectivity index (χ3n) is 8.94. The van der Waals surface area contributed by atoms with E-state index in [0.29, 0.717) is 296 Å². The predicted octanol–water partition coefficient (Wildman–Crippen LogP) is 0.960. The molecule has 0 bridgehead atoms. The quantitative estimate of drug-likeness (QED) is 0.0292. The van der Waals surface area contributed by atoms with Crippen molar-refractivity contribution in [2.75, 3.05) is 304 Å². The Labute approximate surface area is 452 Å². The fourth-order valence-corrected chi connectivity index (χ4v) is 5.13. The zero-order chi connectivity index (χ0) is 54.7. The van der Waals surface area contributed by atoms with Crippen LogP contribution in [0, 0.1) is 0 Å². The van der Waals surface area contributed by atoms with Gasteiger partial charge in [-0.2, -0.15) is 0 Å². The Morgan fingerprint density at radius 3 is 0.434 bits per heavy atom. The van der Waals surface area contributed by atoms with Gasteiger partial charge in [0.05, 0.1) is 291 Å². The van der Waals surface area contributed by atoms with Gasteiger partial charge < -0.3 is 109 Å². The van der Waals surface area contributed by atoms with Crippen LogP contribution in [0.15, 0.2) is 12.2 Å². The van der Waals surface area contributed by atoms with Gasteiger partial charge in [-0.1, -0.05) is 6.58 Å². The second kappa shape index (κ2) is 69.4. The van der Waals surface area contributed by atoms with Gasteiger partial charge in [-0.15, -0.1) is 0 Å². The van der Waals surface area contributed by atoms with Crippen LogP contribution in [0.2, 0.25) is 0 Å². The Kier molecular flexibility index (Phi) is 67.8. The van der Waals surface area contributed by atoms with Crippen LogP contribution in [0.3, 0.4) is 0 Å². The Bertz CT molecular complexity index is 1110. The highest BCUT2D eigenvalue weighted by atomic mass is 17.1. The van der Waals surface area contributed by atoms with Crippen LogP contribution in [-0.4, -0.2) is 315 Å². The molecule has 0 saturated heterocycles. The maximum Gasteiger partial charge on any atom is 0.333 e. The van der Waals surface area contributed by atoms with E-state index in [-0.39, 0.29) is 13.2 Å². The van der Waals surface area contributed by atoms with Gasteiger partial charge in [-0.05, 0) is 6.92 Å². The Hall–Kier alpha value is -1.75. The zero-order valence-electron chi connectivity index (χ0n) is 45.9. The fourth-order valence-electron chi connectivity index (χ4n) is 5.13. The topological polar surface area (TPSA) is 259 Å². The average Bonchev–Trinajstić information content (AvgIpc) is 3.42. The first-order chi connectivity index (χ1) is 37.7. The van der Waals surface area contributed by atoms with E-state index in [1.165, 1.54) is 0 Å². The Morgan fingerprint density at radius 2 is 0.329 bits per heavy atom. The molecule has 0 fully saturated rings. The minimum Gasteiger partial charge on any atom is -0.460 e. The molecule has 0 saturated carbocycles. The van der Waals surface area contributed by atoms with Gasteiger partial charge in [0.2, 0.25) is 0 Å². The van der Waals surface area contributed by atoms with E-state index in [0.717, 1.165) is 0 Å². The van der Waals surface area contributed by atoms with Crippen molar-refractivity contribution >= 4 is 5.97 Å². The predicted molar refractivity (Wildman–Crippen MR) is 272 cm³/mol. The molecule has 0 aromatic rings. The average molecular weight is 1120 g/mol. The lowest BCUT2D eigenvalue weighted by molar-refractivity contribution is -0.249. The highest BCUT2D eigenvalue weighted by Gasteiger charge is 2.03. The standard InChI is InChI=1S/C50H98O26/c1-49(2)50(51)75-47-45-73-43-41-71-39-37-69-35-33-67-31-29-65-27-25-63-23-21-61-19-17-59-15-13-57-11-9-55-7-5-53-3-4-54-6-8-56-10-12-58-14-16-60-18-20-62-22-24-64-26-28-66-30-32-68-34-36-70-38-40-72-42-44-74-46-48-76-52/h52H,1,3-48H2,2H3. The summed E-state index contributed by atoms with van der Waals surface area (Å²) in [5.74, 6) is -0.419. The molecule has 454 valence electrons. The van der Waals surface area contributed by atoms with Crippen molar-refractivity contribution in [3.63, 3.8) is 0 Å². The summed E-state index contributed by atoms with van der Waals surface area (Å²) in [6.07, 6.45) is 0. The molecule has 0 spiro atoms. The molecule has 0 aliphatic rings. The van der Waals surface area contributed by atoms with Crippen LogP contribution in [0.4, 0.5) is 0 Å². The summed E-state index contributed by atoms with van der Waals surface area (Å²) in [6, 6.07) is 0. The van der Waals surface area contributed by atoms with E-state index in [9.17, 15) is 4.79 Å². The van der Waals surface area contributed by atoms with E-state index in [1.54, 1.807) is 6.92 Å². The van der Waals surface area contributed by atoms with Crippen molar-refractivity contribution in [2.24, 2.45) is 0 Å². The monoisotopic (exact) mass is 1110 g/mol. The smallest absolute Gasteiger partial charge is 0.333 e. The zero-order valence-corrected chi connectivity index (χ0v) is 45.9. The van der Waals surface area contributed by atoms with Gasteiger partial charge in [0, 0.05) is 5.57 Å². The molecule has 0 heterocycles. The summed E-state index contributed by atoms with van der Waals surface area (Å²) in [7, 11) is 0. The summed E-state index contributed by atoms with van der Waals surface area (Å²) >= 11 is 0. The summed E-state index contributed by atoms with van der Waals surface area (Å²) in [5, 5.41) is 8.17. The number of ether oxygens (including phenoxy) is 23. The number of carbonyl (C=O) groups excluding carboxylic acids is 1. The summed E-state index contributed by atoms with van der Waals surface area (Å²) in [6.45, 7) is 26.1. The molecular weight excluding hydrogens is 1020 g/mol. The second-order valence-electron chi connectivity index (χ2n) is 15.2. The van der Waals surface area contributed by atoms with E-state index >= 15 is 0 Å². The van der Waals surface area contributed by atoms with Crippen LogP contribution >= 0.6 is 0 Å². The molecular formula is C50H98O26. The van der Waals surface area contributed by atoms with E-state index in [2.05, 4.69) is 11.5 Å². The first-order valence-electron chi connectivity index (χ1n) is 26.5. The summed E-state index contributed by atoms with van der Waals surface area (Å²) < 4.78 is 125. The lowest BCUT2D eigenvalue weighted by Crippen LogP contribution is -2.16. The molecule has 26 nitrogen and oxygen atoms in total. The van der Waals surface area contributed by atoms with Crippen molar-refractivity contribution in [3.05, 3.63) is 12.2 Å². The molecule has 26 heteroatoms. The molecule has 0 aromatic heterocycles. The fraction of sp³-hybridized carbons (Fsp3) is 0.940. The van der Waals surface area contributed by atoms with Gasteiger partial charge in [-0.3, -0.25) is 5.26 Å². The molecule has 0 rings (SSSR count). The second-order valence-corrected chi connectivity index (χ2v) is 15.2. The minimum atomic E-state index is -0.419. The Morgan fingerprint density at radius 1 is 0.224 bits per heavy atom. The third kappa shape index (κ3) is 68.4. The van der Waals surface area contributed by atoms with Crippen molar-refractivity contribution < 1.29 is 124 Å². The van der Waals surface area contributed by atoms with Gasteiger partial charge in [0.25, 0.3) is 0 Å². The molecule has 0 aromatic carbocycles. The Balaban J connectivity index is 3.09. The van der Waals surface area contributed by atoms with Crippen LogP contribution in [0.1, 0.15) is 6.92 Å². The van der Waals surface area contributed by atoms with Crippen molar-refractivity contribution in [1.29, 1.82) is 0 Å². The first kappa shape index (κ1) is 74.2. The van der Waals surface area contributed by atoms with Crippen LogP contribution in [-0.2, 0) is 119 Å². The molecule has 0 aliphatic carbocycles. The molecule has 0 atom stereocenters. The maximum absolute atomic E-state index is 11.2. The number of hydrogen-bond acceptors (Lipinski definition) is 26. The van der Waals surface area contributed by atoms with E-state index in [4.69, 9.17) is 114 Å². The van der Waals surface area contributed by atoms with Gasteiger partial charge in [0.15, 0.2) is 0 Å². The van der Waals surface area contributed by atoms with Crippen LogP contribution in [0.5, 0.6) is 0 Å². The normalized spacial score (nSPS) is 11.6. The van der Waals surface area contributed by atoms with Crippen molar-refractivity contribution in [1.82, 2.24) is 0 Å². The summed E-state index contributed by atoms with van der Waals surface area (Å²) in [5.41, 5.74) is 0.364. The van der Waals surface area contributed by atoms with Gasteiger partial charge >= 0.3 is 5.97 Å². The highest BCUT2D eigenvalue weighted by Crippen LogP contribution is 1.93. The third-order valence-corrected chi connectivity index (χ3v) is 8.94. The summed E-state index contributed by atoms with van der Waals surface area (Å²) in [4.78, 5) is 15.1. The molecule has 0 radical (unpaired) electrons. The SMILES string of the molecule is C=C(C)C(=O)OCCOCCOCCOCCOCCOCCOCCOCCOCCOCCOCCOCCOCCOCCOCCOCCOCCOCCOCCOCCOCCOCCOCCOO. The van der Waals surface area contributed by atoms with E-state index < -0.39 is 5.97 Å². The number of esters is 1. The maximum atomic E-state index is 11.2. The largest absolute Gasteiger partial charge is 0.460 e. The van der Waals surface area contributed by atoms with Gasteiger partial charge in [-0.25, -0.2) is 9.68 Å². The molecule has 1 N–H and O–H groups in total. The molecule has 0 aliphatic heterocycles. The van der Waals surface area contributed by atoms with Crippen LogP contribution in [0.25, 0.3) is 0 Å². The molecule has 0 unspecified atom stereocenters. The molecule has 0 amide bonds. The van der Waals surface area contributed by atoms with E-state index in [1.807, 2.05) is 0 Å². The van der Waals surface area contributed by atoms with Crippen LogP contribution < -0.4 is 0 Å². The lowest BCUT2D eigenvalue weighted by Gasteiger charge is -2.09. The highest BCUT2D eigenvalue weighted by molar-refractivity contribution is 5.86.